The van der Waals surface area contributed by atoms with Gasteiger partial charge in [0.2, 0.25) is 11.4 Å². The van der Waals surface area contributed by atoms with E-state index in [1.807, 2.05) is 0 Å². The minimum atomic E-state index is -5.27. The number of carboxylic acid groups (broad SMARTS) is 1. The van der Waals surface area contributed by atoms with Gasteiger partial charge in [0.1, 0.15) is 21.6 Å². The fourth-order valence-electron chi connectivity index (χ4n) is 4.42. The summed E-state index contributed by atoms with van der Waals surface area (Å²) in [6.45, 7) is 5.36. The maximum atomic E-state index is 13.3. The van der Waals surface area contributed by atoms with Crippen LogP contribution < -0.4 is 21.5 Å². The molecule has 1 saturated heterocycles. The van der Waals surface area contributed by atoms with E-state index < -0.39 is 109 Å². The number of nitrogens with one attached hydrogen (secondary N) is 2. The summed E-state index contributed by atoms with van der Waals surface area (Å²) in [6.07, 6.45) is 1.88. The Morgan fingerprint density at radius 3 is 2.46 bits per heavy atom. The van der Waals surface area contributed by atoms with Gasteiger partial charge in [-0.15, -0.1) is 23.0 Å². The molecule has 0 saturated carbocycles. The van der Waals surface area contributed by atoms with Crippen molar-refractivity contribution in [2.75, 3.05) is 17.7 Å². The molecule has 4 amide bonds. The maximum absolute atomic E-state index is 13.3. The van der Waals surface area contributed by atoms with E-state index >= 15 is 0 Å². The molecule has 2 aliphatic heterocycles. The van der Waals surface area contributed by atoms with Gasteiger partial charge in [-0.3, -0.25) is 28.8 Å². The van der Waals surface area contributed by atoms with Gasteiger partial charge in [0.15, 0.2) is 22.4 Å². The van der Waals surface area contributed by atoms with Crippen molar-refractivity contribution in [2.24, 2.45) is 10.1 Å². The molecule has 0 spiro atoms. The average molecular weight is 787 g/mol. The summed E-state index contributed by atoms with van der Waals surface area (Å²) in [4.78, 5) is 89.4. The van der Waals surface area contributed by atoms with Crippen molar-refractivity contribution in [2.45, 2.75) is 50.9 Å². The molecular weight excluding hydrogens is 757 g/mol. The average Bonchev–Trinajstić information content (AvgIpc) is 3.61. The molecule has 1 fully saturated rings. The first-order valence-electron chi connectivity index (χ1n) is 14.5. The number of imide groups is 1. The Morgan fingerprint density at radius 1 is 1.23 bits per heavy atom. The molecular formula is C26H30N10O13S3. The molecule has 2 aromatic heterocycles. The molecule has 2 unspecified atom stereocenters. The molecule has 0 aliphatic carbocycles. The normalized spacial score (nSPS) is 18.2. The number of nitrogens with zero attached hydrogens (tertiary/aromatic N) is 7. The zero-order valence-corrected chi connectivity index (χ0v) is 29.7. The van der Waals surface area contributed by atoms with Crippen LogP contribution in [0.4, 0.5) is 9.93 Å². The summed E-state index contributed by atoms with van der Waals surface area (Å²) in [6, 6.07) is -4.53. The lowest BCUT2D eigenvalue weighted by atomic mass is 9.95. The van der Waals surface area contributed by atoms with Crippen LogP contribution in [0, 0.1) is 0 Å². The zero-order valence-electron chi connectivity index (χ0n) is 27.2. The van der Waals surface area contributed by atoms with Gasteiger partial charge in [0, 0.05) is 18.2 Å². The van der Waals surface area contributed by atoms with Gasteiger partial charge < -0.3 is 26.1 Å². The van der Waals surface area contributed by atoms with Gasteiger partial charge in [-0.25, -0.2) is 32.5 Å². The van der Waals surface area contributed by atoms with Crippen molar-refractivity contribution in [3.05, 3.63) is 52.0 Å². The molecule has 4 rings (SSSR count). The van der Waals surface area contributed by atoms with E-state index in [1.54, 1.807) is 0 Å². The summed E-state index contributed by atoms with van der Waals surface area (Å²) in [5.41, 5.74) is 1.32. The van der Waals surface area contributed by atoms with Gasteiger partial charge in [0.25, 0.3) is 11.8 Å². The highest BCUT2D eigenvalue weighted by Crippen LogP contribution is 2.23. The second-order valence-electron chi connectivity index (χ2n) is 11.5. The number of hydrogen-bond acceptors (Lipinski definition) is 18. The number of aliphatic imine (C=N–C) groups is 1. The highest BCUT2D eigenvalue weighted by atomic mass is 32.2. The predicted molar refractivity (Wildman–Crippen MR) is 179 cm³/mol. The molecule has 2 atom stereocenters. The van der Waals surface area contributed by atoms with E-state index in [0.717, 1.165) is 43.7 Å². The molecule has 52 heavy (non-hydrogen) atoms. The zero-order chi connectivity index (χ0) is 38.9. The minimum absolute atomic E-state index is 0.00190. The number of urea groups is 1. The van der Waals surface area contributed by atoms with Gasteiger partial charge >= 0.3 is 27.9 Å². The molecule has 26 heteroatoms. The number of nitrogens with two attached hydrogens (primary N) is 1. The Hall–Kier alpha value is -5.76. The first-order chi connectivity index (χ1) is 24.1. The van der Waals surface area contributed by atoms with E-state index in [-0.39, 0.29) is 27.0 Å². The Labute approximate surface area is 297 Å². The van der Waals surface area contributed by atoms with E-state index in [2.05, 4.69) is 32.1 Å². The number of aliphatic hydroxyl groups is 1. The summed E-state index contributed by atoms with van der Waals surface area (Å²) >= 11 is 0.902. The number of aliphatic carboxylic acids is 1. The topological polar surface area (TPSA) is 334 Å². The quantitative estimate of drug-likeness (QED) is 0.0579. The largest absolute Gasteiger partial charge is 0.503 e. The number of oxime groups is 1. The van der Waals surface area contributed by atoms with Gasteiger partial charge in [-0.1, -0.05) is 15.3 Å². The molecule has 4 heterocycles. The molecule has 0 radical (unpaired) electrons. The van der Waals surface area contributed by atoms with Crippen molar-refractivity contribution in [3.8, 4) is 0 Å². The number of rotatable bonds is 14. The number of allylic oxidation sites excluding steroid dienone is 1. The van der Waals surface area contributed by atoms with Crippen molar-refractivity contribution < 1.29 is 55.9 Å². The number of carbonyl (C=O) groups excluding carboxylic acids is 4. The number of aromatic nitrogens is 4. The van der Waals surface area contributed by atoms with E-state index in [1.165, 1.54) is 10.1 Å². The van der Waals surface area contributed by atoms with Gasteiger partial charge in [-0.05, 0) is 20.3 Å². The number of amides is 4. The minimum Gasteiger partial charge on any atom is -0.503 e. The third-order valence-corrected chi connectivity index (χ3v) is 9.97. The SMILES string of the molecule is C=CC1C(NC(=O)C(=NOC(C)(C)C(=O)O)c2csc(N)n2)C(=O)N1C(=O)NS(=O)(=O)n1nc(C2=NC=C(O)C(=O)C2)n(CCCS(C)(=O)=O)c1=O. The third kappa shape index (κ3) is 8.23. The van der Waals surface area contributed by atoms with Crippen LogP contribution in [0.25, 0.3) is 0 Å². The van der Waals surface area contributed by atoms with Crippen molar-refractivity contribution in [3.63, 3.8) is 0 Å². The van der Waals surface area contributed by atoms with Crippen LogP contribution in [-0.4, -0.2) is 121 Å². The summed E-state index contributed by atoms with van der Waals surface area (Å²) in [5, 5.41) is 29.8. The summed E-state index contributed by atoms with van der Waals surface area (Å²) in [7, 11) is -8.79. The number of sulfone groups is 1. The Bertz CT molecular complexity index is 2250. The Kier molecular flexibility index (Phi) is 10.9. The van der Waals surface area contributed by atoms with Crippen LogP contribution in [0.1, 0.15) is 38.2 Å². The monoisotopic (exact) mass is 786 g/mol. The second-order valence-corrected chi connectivity index (χ2v) is 16.1. The van der Waals surface area contributed by atoms with Crippen molar-refractivity contribution >= 4 is 77.5 Å². The lowest BCUT2D eigenvalue weighted by Gasteiger charge is -2.43. The summed E-state index contributed by atoms with van der Waals surface area (Å²) < 4.78 is 51.9. The fourth-order valence-corrected chi connectivity index (χ4v) is 6.51. The van der Waals surface area contributed by atoms with Crippen LogP contribution >= 0.6 is 11.3 Å². The highest BCUT2D eigenvalue weighted by molar-refractivity contribution is 7.90. The fraction of sp³-hybridized carbons (Fsp3) is 0.385. The van der Waals surface area contributed by atoms with E-state index in [0.29, 0.717) is 9.47 Å². The number of Topliss-reactive ketones (excluding diaryl/α,β-unsaturated/α-hetero) is 1. The van der Waals surface area contributed by atoms with Crippen LogP contribution in [0.5, 0.6) is 0 Å². The van der Waals surface area contributed by atoms with Crippen molar-refractivity contribution in [1.82, 2.24) is 33.7 Å². The molecule has 23 nitrogen and oxygen atoms in total. The molecule has 2 aliphatic rings. The van der Waals surface area contributed by atoms with Crippen molar-refractivity contribution in [1.29, 1.82) is 0 Å². The second kappa shape index (κ2) is 14.5. The Balaban J connectivity index is 1.57. The van der Waals surface area contributed by atoms with Crippen LogP contribution in [0.15, 0.2) is 44.9 Å². The molecule has 2 aromatic rings. The van der Waals surface area contributed by atoms with Crippen LogP contribution in [-0.2, 0) is 50.6 Å². The predicted octanol–water partition coefficient (Wildman–Crippen LogP) is -2.35. The smallest absolute Gasteiger partial charge is 0.362 e. The molecule has 0 bridgehead atoms. The summed E-state index contributed by atoms with van der Waals surface area (Å²) in [5.74, 6) is -6.19. The van der Waals surface area contributed by atoms with Crippen LogP contribution in [0.2, 0.25) is 0 Å². The number of aliphatic hydroxyl groups excluding tert-OH is 1. The number of nitrogen functional groups attached to an aromatic ring is 1. The molecule has 0 aromatic carbocycles. The first kappa shape index (κ1) is 39.0. The van der Waals surface area contributed by atoms with E-state index in [9.17, 15) is 55.8 Å². The van der Waals surface area contributed by atoms with Gasteiger partial charge in [-0.2, -0.15) is 8.42 Å². The Morgan fingerprint density at radius 2 is 1.90 bits per heavy atom. The van der Waals surface area contributed by atoms with Gasteiger partial charge in [0.05, 0.1) is 30.1 Å². The standard InChI is InChI=1S/C26H30N10O13S3/c1-5-14-18(30-20(39)17(13-11-50-23(27)29-13)32-49-26(2,3)22(41)42)21(40)35(14)24(43)33-52(47,48)36-25(44)34(7-6-8-51(4,45)46)19(31-36)12-9-15(37)16(38)10-28-12/h5,10-11,14,18,38H,1,6-9H2,2-4H3,(H2,27,29)(H,30,39)(H,33,43)(H,41,42). The number of hydrogen-bond donors (Lipinski definition) is 5. The number of β-lactam (4-membered cyclic amide) rings is 1. The van der Waals surface area contributed by atoms with E-state index in [4.69, 9.17) is 10.6 Å². The highest BCUT2D eigenvalue weighted by Gasteiger charge is 2.51. The third-order valence-electron chi connectivity index (χ3n) is 7.14. The molecule has 6 N–H and O–H groups in total. The number of ketones is 1. The number of thiazole rings is 1. The number of carbonyl (C=O) groups is 5. The lowest BCUT2D eigenvalue weighted by molar-refractivity contribution is -0.161. The number of anilines is 1. The first-order valence-corrected chi connectivity index (χ1v) is 18.9. The lowest BCUT2D eigenvalue weighted by Crippen LogP contribution is -2.73. The number of likely N-dealkylation sites (tertiary alicyclic amines) is 1. The number of carboxylic acids is 1. The molecule has 280 valence electrons. The van der Waals surface area contributed by atoms with Crippen LogP contribution in [0.3, 0.4) is 0 Å². The maximum Gasteiger partial charge on any atom is 0.362 e.